The smallest absolute Gasteiger partial charge is 0.112 e. The van der Waals surface area contributed by atoms with Gasteiger partial charge >= 0.3 is 0 Å². The second-order valence-corrected chi connectivity index (χ2v) is 4.77. The van der Waals surface area contributed by atoms with Crippen LogP contribution in [0.1, 0.15) is 38.8 Å². The first-order chi connectivity index (χ1) is 6.89. The summed E-state index contributed by atoms with van der Waals surface area (Å²) >= 11 is 0. The first-order valence-corrected chi connectivity index (χ1v) is 5.20. The van der Waals surface area contributed by atoms with Gasteiger partial charge in [0.25, 0.3) is 0 Å². The van der Waals surface area contributed by atoms with E-state index < -0.39 is 6.10 Å². The van der Waals surface area contributed by atoms with Crippen LogP contribution < -0.4 is 0 Å². The first-order valence-electron chi connectivity index (χ1n) is 5.20. The Morgan fingerprint density at radius 1 is 1.13 bits per heavy atom. The van der Waals surface area contributed by atoms with Gasteiger partial charge in [-0.05, 0) is 30.0 Å². The molecule has 0 amide bonds. The highest BCUT2D eigenvalue weighted by Gasteiger charge is 2.12. The molecule has 0 aromatic heterocycles. The fraction of sp³-hybridized carbons (Fsp3) is 0.429. The van der Waals surface area contributed by atoms with Crippen LogP contribution in [0.25, 0.3) is 0 Å². The Bertz CT molecular complexity index is 369. The van der Waals surface area contributed by atoms with E-state index in [0.717, 1.165) is 5.56 Å². The Kier molecular flexibility index (Phi) is 3.55. The molecule has 1 aromatic carbocycles. The molecule has 1 aromatic rings. The van der Waals surface area contributed by atoms with Gasteiger partial charge in [-0.15, -0.1) is 0 Å². The summed E-state index contributed by atoms with van der Waals surface area (Å²) in [7, 11) is 0. The topological polar surface area (TPSA) is 20.2 Å². The second kappa shape index (κ2) is 4.51. The number of hydrogen-bond acceptors (Lipinski definition) is 1. The minimum absolute atomic E-state index is 0.177. The molecular formula is C14H18O. The Balaban J connectivity index is 2.88. The summed E-state index contributed by atoms with van der Waals surface area (Å²) in [5.41, 5.74) is 2.42. The maximum atomic E-state index is 9.02. The lowest BCUT2D eigenvalue weighted by Crippen LogP contribution is -2.10. The second-order valence-electron chi connectivity index (χ2n) is 4.77. The van der Waals surface area contributed by atoms with Gasteiger partial charge in [-0.25, -0.2) is 0 Å². The minimum Gasteiger partial charge on any atom is -0.381 e. The van der Waals surface area contributed by atoms with E-state index in [-0.39, 0.29) is 5.41 Å². The van der Waals surface area contributed by atoms with Crippen molar-refractivity contribution in [2.75, 3.05) is 0 Å². The molecular weight excluding hydrogens is 184 g/mol. The Morgan fingerprint density at radius 2 is 1.67 bits per heavy atom. The average molecular weight is 202 g/mol. The van der Waals surface area contributed by atoms with E-state index in [2.05, 4.69) is 44.7 Å². The summed E-state index contributed by atoms with van der Waals surface area (Å²) in [6, 6.07) is 8.17. The fourth-order valence-corrected chi connectivity index (χ4v) is 1.24. The molecule has 0 aliphatic rings. The zero-order valence-electron chi connectivity index (χ0n) is 9.83. The predicted molar refractivity (Wildman–Crippen MR) is 63.7 cm³/mol. The summed E-state index contributed by atoms with van der Waals surface area (Å²) in [4.78, 5) is 0. The Hall–Kier alpha value is -1.26. The molecule has 1 atom stereocenters. The molecule has 15 heavy (non-hydrogen) atoms. The minimum atomic E-state index is -0.563. The summed E-state index contributed by atoms with van der Waals surface area (Å²) < 4.78 is 0. The van der Waals surface area contributed by atoms with Gasteiger partial charge in [0.2, 0.25) is 0 Å². The first kappa shape index (κ1) is 11.8. The third-order valence-corrected chi connectivity index (χ3v) is 2.18. The largest absolute Gasteiger partial charge is 0.381 e. The molecule has 0 bridgehead atoms. The molecule has 1 nitrogen and oxygen atoms in total. The van der Waals surface area contributed by atoms with Crippen molar-refractivity contribution in [3.63, 3.8) is 0 Å². The van der Waals surface area contributed by atoms with Crippen LogP contribution in [0.15, 0.2) is 24.3 Å². The number of benzene rings is 1. The van der Waals surface area contributed by atoms with E-state index in [9.17, 15) is 0 Å². The van der Waals surface area contributed by atoms with Gasteiger partial charge in [0.15, 0.2) is 0 Å². The van der Waals surface area contributed by atoms with E-state index in [1.54, 1.807) is 6.92 Å². The molecule has 0 spiro atoms. The monoisotopic (exact) mass is 202 g/mol. The summed E-state index contributed by atoms with van der Waals surface area (Å²) in [5.74, 6) is 5.65. The molecule has 0 saturated heterocycles. The SMILES string of the molecule is CC(O)C#Cc1ccc(C(C)(C)C)cc1. The zero-order valence-corrected chi connectivity index (χ0v) is 9.83. The van der Waals surface area contributed by atoms with E-state index >= 15 is 0 Å². The lowest BCUT2D eigenvalue weighted by Gasteiger charge is -2.18. The molecule has 1 rings (SSSR count). The van der Waals surface area contributed by atoms with Crippen LogP contribution in [0.3, 0.4) is 0 Å². The van der Waals surface area contributed by atoms with Crippen molar-refractivity contribution in [1.29, 1.82) is 0 Å². The maximum Gasteiger partial charge on any atom is 0.112 e. The van der Waals surface area contributed by atoms with Gasteiger partial charge in [-0.2, -0.15) is 0 Å². The molecule has 0 heterocycles. The maximum absolute atomic E-state index is 9.02. The fourth-order valence-electron chi connectivity index (χ4n) is 1.24. The van der Waals surface area contributed by atoms with Crippen LogP contribution in [0, 0.1) is 11.8 Å². The van der Waals surface area contributed by atoms with Crippen LogP contribution in [-0.2, 0) is 5.41 Å². The van der Waals surface area contributed by atoms with E-state index in [1.165, 1.54) is 5.56 Å². The molecule has 0 radical (unpaired) electrons. The number of aliphatic hydroxyl groups is 1. The van der Waals surface area contributed by atoms with E-state index in [0.29, 0.717) is 0 Å². The average Bonchev–Trinajstić information content (AvgIpc) is 2.14. The van der Waals surface area contributed by atoms with Crippen molar-refractivity contribution in [3.05, 3.63) is 35.4 Å². The van der Waals surface area contributed by atoms with Crippen molar-refractivity contribution in [3.8, 4) is 11.8 Å². The van der Waals surface area contributed by atoms with Crippen LogP contribution in [0.2, 0.25) is 0 Å². The molecule has 1 heteroatoms. The van der Waals surface area contributed by atoms with Crippen molar-refractivity contribution < 1.29 is 5.11 Å². The summed E-state index contributed by atoms with van der Waals surface area (Å²) in [6.07, 6.45) is -0.563. The summed E-state index contributed by atoms with van der Waals surface area (Å²) in [6.45, 7) is 8.22. The van der Waals surface area contributed by atoms with Crippen LogP contribution in [-0.4, -0.2) is 11.2 Å². The Labute approximate surface area is 92.1 Å². The molecule has 0 saturated carbocycles. The molecule has 1 unspecified atom stereocenters. The lowest BCUT2D eigenvalue weighted by atomic mass is 9.87. The highest BCUT2D eigenvalue weighted by atomic mass is 16.3. The number of hydrogen-bond donors (Lipinski definition) is 1. The van der Waals surface area contributed by atoms with Crippen molar-refractivity contribution in [2.45, 2.75) is 39.2 Å². The third kappa shape index (κ3) is 3.77. The number of rotatable bonds is 0. The Morgan fingerprint density at radius 3 is 2.07 bits per heavy atom. The van der Waals surface area contributed by atoms with Gasteiger partial charge in [-0.1, -0.05) is 44.7 Å². The molecule has 0 aliphatic carbocycles. The van der Waals surface area contributed by atoms with Crippen LogP contribution in [0.4, 0.5) is 0 Å². The molecule has 0 fully saturated rings. The van der Waals surface area contributed by atoms with Gasteiger partial charge < -0.3 is 5.11 Å². The van der Waals surface area contributed by atoms with Crippen molar-refractivity contribution in [1.82, 2.24) is 0 Å². The quantitative estimate of drug-likeness (QED) is 0.641. The normalized spacial score (nSPS) is 12.9. The standard InChI is InChI=1S/C14H18O/c1-11(15)5-6-12-7-9-13(10-8-12)14(2,3)4/h7-11,15H,1-4H3. The summed E-state index contributed by atoms with van der Waals surface area (Å²) in [5, 5.41) is 9.02. The van der Waals surface area contributed by atoms with Gasteiger partial charge in [0.05, 0.1) is 0 Å². The van der Waals surface area contributed by atoms with Crippen molar-refractivity contribution >= 4 is 0 Å². The van der Waals surface area contributed by atoms with Gasteiger partial charge in [-0.3, -0.25) is 0 Å². The number of aliphatic hydroxyl groups excluding tert-OH is 1. The molecule has 1 N–H and O–H groups in total. The van der Waals surface area contributed by atoms with Crippen molar-refractivity contribution in [2.24, 2.45) is 0 Å². The molecule has 80 valence electrons. The van der Waals surface area contributed by atoms with E-state index in [1.807, 2.05) is 12.1 Å². The molecule has 0 aliphatic heterocycles. The lowest BCUT2D eigenvalue weighted by molar-refractivity contribution is 0.253. The van der Waals surface area contributed by atoms with Gasteiger partial charge in [0.1, 0.15) is 6.10 Å². The van der Waals surface area contributed by atoms with E-state index in [4.69, 9.17) is 5.11 Å². The third-order valence-electron chi connectivity index (χ3n) is 2.18. The zero-order chi connectivity index (χ0) is 11.5. The highest BCUT2D eigenvalue weighted by molar-refractivity contribution is 5.38. The van der Waals surface area contributed by atoms with Gasteiger partial charge in [0, 0.05) is 5.56 Å². The van der Waals surface area contributed by atoms with Crippen LogP contribution in [0.5, 0.6) is 0 Å². The highest BCUT2D eigenvalue weighted by Crippen LogP contribution is 2.21. The predicted octanol–water partition coefficient (Wildman–Crippen LogP) is 2.72. The van der Waals surface area contributed by atoms with Crippen LogP contribution >= 0.6 is 0 Å².